The number of hydrogen-bond donors (Lipinski definition) is 2. The fourth-order valence-electron chi connectivity index (χ4n) is 1.66. The van der Waals surface area contributed by atoms with Gasteiger partial charge in [-0.3, -0.25) is 4.79 Å². The highest BCUT2D eigenvalue weighted by Crippen LogP contribution is 2.18. The molecular weight excluding hydrogens is 212 g/mol. The third-order valence-electron chi connectivity index (χ3n) is 2.85. The summed E-state index contributed by atoms with van der Waals surface area (Å²) < 4.78 is 0. The molecule has 0 bridgehead atoms. The summed E-state index contributed by atoms with van der Waals surface area (Å²) in [5.74, 6) is 0.279. The molecule has 3 heteroatoms. The van der Waals surface area contributed by atoms with Gasteiger partial charge in [-0.05, 0) is 25.3 Å². The molecule has 0 saturated heterocycles. The van der Waals surface area contributed by atoms with Crippen LogP contribution in [-0.4, -0.2) is 18.0 Å². The summed E-state index contributed by atoms with van der Waals surface area (Å²) in [5, 5.41) is 2.94. The molecule has 1 rings (SSSR count). The predicted molar refractivity (Wildman–Crippen MR) is 70.8 cm³/mol. The minimum absolute atomic E-state index is 0.0526. The highest BCUT2D eigenvalue weighted by Gasteiger charge is 2.19. The van der Waals surface area contributed by atoms with Crippen molar-refractivity contribution in [1.82, 2.24) is 5.32 Å². The molecule has 17 heavy (non-hydrogen) atoms. The zero-order chi connectivity index (χ0) is 12.9. The summed E-state index contributed by atoms with van der Waals surface area (Å²) in [6.07, 6.45) is 0.493. The third-order valence-corrected chi connectivity index (χ3v) is 2.85. The van der Waals surface area contributed by atoms with Gasteiger partial charge in [-0.2, -0.15) is 0 Å². The van der Waals surface area contributed by atoms with Gasteiger partial charge in [0.2, 0.25) is 5.91 Å². The normalized spacial score (nSPS) is 13.2. The smallest absolute Gasteiger partial charge is 0.221 e. The molecule has 1 aromatic rings. The van der Waals surface area contributed by atoms with E-state index in [2.05, 4.69) is 12.2 Å². The van der Waals surface area contributed by atoms with Gasteiger partial charge in [0.1, 0.15) is 0 Å². The van der Waals surface area contributed by atoms with Crippen molar-refractivity contribution in [3.8, 4) is 0 Å². The molecule has 0 aliphatic carbocycles. The van der Waals surface area contributed by atoms with E-state index in [1.54, 1.807) is 0 Å². The number of carbonyl (C=O) groups is 1. The van der Waals surface area contributed by atoms with Crippen LogP contribution >= 0.6 is 0 Å². The SMILES string of the molecule is CC(CC(=O)NC(C)(C)CN)c1ccccc1. The van der Waals surface area contributed by atoms with E-state index in [1.165, 1.54) is 5.56 Å². The largest absolute Gasteiger partial charge is 0.350 e. The van der Waals surface area contributed by atoms with E-state index in [1.807, 2.05) is 44.2 Å². The van der Waals surface area contributed by atoms with Crippen LogP contribution in [0.15, 0.2) is 30.3 Å². The molecule has 0 aliphatic heterocycles. The maximum absolute atomic E-state index is 11.8. The van der Waals surface area contributed by atoms with Crippen molar-refractivity contribution in [1.29, 1.82) is 0 Å². The van der Waals surface area contributed by atoms with Crippen molar-refractivity contribution >= 4 is 5.91 Å². The molecule has 3 nitrogen and oxygen atoms in total. The standard InChI is InChI=1S/C14H22N2O/c1-11(12-7-5-4-6-8-12)9-13(17)16-14(2,3)10-15/h4-8,11H,9-10,15H2,1-3H3,(H,16,17). The van der Waals surface area contributed by atoms with Crippen LogP contribution in [0.25, 0.3) is 0 Å². The maximum Gasteiger partial charge on any atom is 0.221 e. The van der Waals surface area contributed by atoms with Gasteiger partial charge < -0.3 is 11.1 Å². The van der Waals surface area contributed by atoms with Gasteiger partial charge in [-0.25, -0.2) is 0 Å². The van der Waals surface area contributed by atoms with E-state index in [0.717, 1.165) is 0 Å². The average Bonchev–Trinajstić information content (AvgIpc) is 2.29. The number of nitrogens with one attached hydrogen (secondary N) is 1. The van der Waals surface area contributed by atoms with Crippen LogP contribution < -0.4 is 11.1 Å². The summed E-state index contributed by atoms with van der Waals surface area (Å²) in [6, 6.07) is 10.1. The van der Waals surface area contributed by atoms with E-state index in [0.29, 0.717) is 13.0 Å². The summed E-state index contributed by atoms with van der Waals surface area (Å²) >= 11 is 0. The molecule has 0 heterocycles. The maximum atomic E-state index is 11.8. The van der Waals surface area contributed by atoms with Crippen LogP contribution in [0.2, 0.25) is 0 Å². The van der Waals surface area contributed by atoms with Crippen molar-refractivity contribution < 1.29 is 4.79 Å². The van der Waals surface area contributed by atoms with Crippen LogP contribution in [0.1, 0.15) is 38.7 Å². The van der Waals surface area contributed by atoms with Crippen LogP contribution in [0.4, 0.5) is 0 Å². The number of nitrogens with two attached hydrogens (primary N) is 1. The van der Waals surface area contributed by atoms with Crippen molar-refractivity contribution in [2.45, 2.75) is 38.6 Å². The minimum atomic E-state index is -0.326. The molecule has 1 aromatic carbocycles. The lowest BCUT2D eigenvalue weighted by Gasteiger charge is -2.25. The molecule has 0 aliphatic rings. The van der Waals surface area contributed by atoms with Gasteiger partial charge in [-0.1, -0.05) is 37.3 Å². The first kappa shape index (κ1) is 13.7. The Labute approximate surface area is 103 Å². The van der Waals surface area contributed by atoms with E-state index in [-0.39, 0.29) is 17.4 Å². The van der Waals surface area contributed by atoms with Crippen molar-refractivity contribution in [3.63, 3.8) is 0 Å². The van der Waals surface area contributed by atoms with Gasteiger partial charge in [0, 0.05) is 18.5 Å². The third kappa shape index (κ3) is 4.57. The van der Waals surface area contributed by atoms with Gasteiger partial charge in [-0.15, -0.1) is 0 Å². The summed E-state index contributed by atoms with van der Waals surface area (Å²) in [7, 11) is 0. The van der Waals surface area contributed by atoms with Gasteiger partial charge in [0.15, 0.2) is 0 Å². The Balaban J connectivity index is 2.52. The number of carbonyl (C=O) groups excluding carboxylic acids is 1. The second-order valence-corrected chi connectivity index (χ2v) is 5.15. The first-order valence-corrected chi connectivity index (χ1v) is 6.00. The summed E-state index contributed by atoms with van der Waals surface area (Å²) in [5.41, 5.74) is 6.44. The average molecular weight is 234 g/mol. The monoisotopic (exact) mass is 234 g/mol. The second kappa shape index (κ2) is 5.82. The Bertz CT molecular complexity index is 360. The molecule has 3 N–H and O–H groups in total. The van der Waals surface area contributed by atoms with Gasteiger partial charge in [0.05, 0.1) is 0 Å². The van der Waals surface area contributed by atoms with Crippen molar-refractivity contribution in [2.24, 2.45) is 5.73 Å². The number of benzene rings is 1. The van der Waals surface area contributed by atoms with E-state index < -0.39 is 0 Å². The molecule has 0 saturated carbocycles. The molecule has 1 amide bonds. The van der Waals surface area contributed by atoms with E-state index in [9.17, 15) is 4.79 Å². The topological polar surface area (TPSA) is 55.1 Å². The minimum Gasteiger partial charge on any atom is -0.350 e. The summed E-state index contributed by atoms with van der Waals surface area (Å²) in [6.45, 7) is 6.36. The zero-order valence-electron chi connectivity index (χ0n) is 10.9. The molecule has 0 spiro atoms. The van der Waals surface area contributed by atoms with Crippen molar-refractivity contribution in [3.05, 3.63) is 35.9 Å². The van der Waals surface area contributed by atoms with E-state index in [4.69, 9.17) is 5.73 Å². The fourth-order valence-corrected chi connectivity index (χ4v) is 1.66. The summed E-state index contributed by atoms with van der Waals surface area (Å²) in [4.78, 5) is 11.8. The molecule has 1 atom stereocenters. The fraction of sp³-hybridized carbons (Fsp3) is 0.500. The lowest BCUT2D eigenvalue weighted by molar-refractivity contribution is -0.122. The second-order valence-electron chi connectivity index (χ2n) is 5.15. The Morgan fingerprint density at radius 2 is 1.94 bits per heavy atom. The first-order chi connectivity index (χ1) is 7.94. The molecular formula is C14H22N2O. The molecule has 0 radical (unpaired) electrons. The Morgan fingerprint density at radius 3 is 2.47 bits per heavy atom. The molecule has 94 valence electrons. The number of rotatable bonds is 5. The van der Waals surface area contributed by atoms with Crippen molar-refractivity contribution in [2.75, 3.05) is 6.54 Å². The van der Waals surface area contributed by atoms with Crippen LogP contribution in [0.5, 0.6) is 0 Å². The Morgan fingerprint density at radius 1 is 1.35 bits per heavy atom. The van der Waals surface area contributed by atoms with Crippen LogP contribution in [0.3, 0.4) is 0 Å². The Hall–Kier alpha value is -1.35. The molecule has 1 unspecified atom stereocenters. The predicted octanol–water partition coefficient (Wildman–Crippen LogP) is 2.03. The van der Waals surface area contributed by atoms with Gasteiger partial charge >= 0.3 is 0 Å². The van der Waals surface area contributed by atoms with E-state index >= 15 is 0 Å². The lowest BCUT2D eigenvalue weighted by Crippen LogP contribution is -2.49. The quantitative estimate of drug-likeness (QED) is 0.819. The number of hydrogen-bond acceptors (Lipinski definition) is 2. The zero-order valence-corrected chi connectivity index (χ0v) is 10.9. The molecule has 0 aromatic heterocycles. The highest BCUT2D eigenvalue weighted by atomic mass is 16.1. The van der Waals surface area contributed by atoms with Crippen LogP contribution in [-0.2, 0) is 4.79 Å². The first-order valence-electron chi connectivity index (χ1n) is 6.00. The van der Waals surface area contributed by atoms with Crippen LogP contribution in [0, 0.1) is 0 Å². The number of amides is 1. The van der Waals surface area contributed by atoms with Gasteiger partial charge in [0.25, 0.3) is 0 Å². The lowest BCUT2D eigenvalue weighted by atomic mass is 9.96. The molecule has 0 fully saturated rings. The highest BCUT2D eigenvalue weighted by molar-refractivity contribution is 5.77. The Kier molecular flexibility index (Phi) is 4.70.